The summed E-state index contributed by atoms with van der Waals surface area (Å²) >= 11 is 2.97. The molecule has 3 aromatic heterocycles. The van der Waals surface area contributed by atoms with E-state index in [1.54, 1.807) is 6.07 Å². The quantitative estimate of drug-likeness (QED) is 0.398. The van der Waals surface area contributed by atoms with Crippen LogP contribution in [0.15, 0.2) is 40.3 Å². The van der Waals surface area contributed by atoms with Crippen molar-refractivity contribution in [2.75, 3.05) is 31.2 Å². The Morgan fingerprint density at radius 2 is 1.94 bits per heavy atom. The highest BCUT2D eigenvalue weighted by atomic mass is 32.2. The van der Waals surface area contributed by atoms with Crippen LogP contribution in [0, 0.1) is 6.92 Å². The van der Waals surface area contributed by atoms with Gasteiger partial charge < -0.3 is 9.64 Å². The number of benzene rings is 1. The van der Waals surface area contributed by atoms with E-state index >= 15 is 0 Å². The summed E-state index contributed by atoms with van der Waals surface area (Å²) in [6, 6.07) is 9.87. The highest BCUT2D eigenvalue weighted by Crippen LogP contribution is 2.29. The predicted molar refractivity (Wildman–Crippen MR) is 125 cm³/mol. The van der Waals surface area contributed by atoms with E-state index in [-0.39, 0.29) is 5.56 Å². The molecule has 4 heterocycles. The SMILES string of the molecule is CCc1nn2c(=O)cc(CSc3nnc(N4CCOCC4)n3-c3ccc(C)cc3)nc2s1. The number of thioether (sulfide) groups is 1. The topological polar surface area (TPSA) is 90.4 Å². The lowest BCUT2D eigenvalue weighted by Crippen LogP contribution is -2.37. The van der Waals surface area contributed by atoms with Gasteiger partial charge in [0.2, 0.25) is 10.9 Å². The smallest absolute Gasteiger partial charge is 0.275 e. The van der Waals surface area contributed by atoms with E-state index in [1.807, 2.05) is 6.92 Å². The van der Waals surface area contributed by atoms with Gasteiger partial charge in [-0.1, -0.05) is 47.7 Å². The molecule has 32 heavy (non-hydrogen) atoms. The summed E-state index contributed by atoms with van der Waals surface area (Å²) in [5, 5.41) is 15.0. The van der Waals surface area contributed by atoms with Crippen molar-refractivity contribution in [2.45, 2.75) is 31.2 Å². The van der Waals surface area contributed by atoms with Crippen LogP contribution in [0.2, 0.25) is 0 Å². The van der Waals surface area contributed by atoms with Gasteiger partial charge >= 0.3 is 0 Å². The van der Waals surface area contributed by atoms with Crippen LogP contribution in [0.25, 0.3) is 10.6 Å². The lowest BCUT2D eigenvalue weighted by Gasteiger charge is -2.28. The van der Waals surface area contributed by atoms with Crippen molar-refractivity contribution in [2.24, 2.45) is 0 Å². The van der Waals surface area contributed by atoms with Gasteiger partial charge in [-0.3, -0.25) is 9.36 Å². The Morgan fingerprint density at radius 1 is 1.16 bits per heavy atom. The van der Waals surface area contributed by atoms with E-state index in [0.29, 0.717) is 29.6 Å². The number of hydrogen-bond donors (Lipinski definition) is 0. The molecule has 0 saturated carbocycles. The summed E-state index contributed by atoms with van der Waals surface area (Å²) in [4.78, 5) is 19.9. The maximum atomic E-state index is 12.5. The maximum absolute atomic E-state index is 12.5. The minimum Gasteiger partial charge on any atom is -0.378 e. The molecule has 11 heteroatoms. The molecular formula is C21H23N7O2S2. The predicted octanol–water partition coefficient (Wildman–Crippen LogP) is 2.73. The number of rotatable bonds is 6. The molecule has 1 fully saturated rings. The molecule has 4 aromatic rings. The molecule has 0 bridgehead atoms. The Balaban J connectivity index is 1.47. The Bertz CT molecular complexity index is 1290. The highest BCUT2D eigenvalue weighted by molar-refractivity contribution is 7.98. The summed E-state index contributed by atoms with van der Waals surface area (Å²) in [5.41, 5.74) is 2.74. The van der Waals surface area contributed by atoms with Crippen molar-refractivity contribution in [1.82, 2.24) is 29.4 Å². The molecule has 1 aromatic carbocycles. The minimum absolute atomic E-state index is 0.157. The molecule has 1 aliphatic rings. The van der Waals surface area contributed by atoms with Crippen LogP contribution >= 0.6 is 23.1 Å². The van der Waals surface area contributed by atoms with Crippen molar-refractivity contribution in [3.8, 4) is 5.69 Å². The highest BCUT2D eigenvalue weighted by Gasteiger charge is 2.22. The largest absolute Gasteiger partial charge is 0.378 e. The molecule has 166 valence electrons. The van der Waals surface area contributed by atoms with Gasteiger partial charge in [-0.25, -0.2) is 4.98 Å². The first-order chi connectivity index (χ1) is 15.6. The number of anilines is 1. The average molecular weight is 470 g/mol. The normalized spacial score (nSPS) is 14.4. The third kappa shape index (κ3) is 4.15. The zero-order chi connectivity index (χ0) is 22.1. The second-order valence-corrected chi connectivity index (χ2v) is 9.45. The summed E-state index contributed by atoms with van der Waals surface area (Å²) < 4.78 is 8.95. The van der Waals surface area contributed by atoms with Gasteiger partial charge in [-0.15, -0.1) is 10.2 Å². The summed E-state index contributed by atoms with van der Waals surface area (Å²) in [7, 11) is 0. The van der Waals surface area contributed by atoms with E-state index in [2.05, 4.69) is 60.9 Å². The molecule has 5 rings (SSSR count). The van der Waals surface area contributed by atoms with Gasteiger partial charge in [0.15, 0.2) is 5.16 Å². The molecule has 9 nitrogen and oxygen atoms in total. The molecule has 0 unspecified atom stereocenters. The van der Waals surface area contributed by atoms with Gasteiger partial charge in [-0.05, 0) is 25.5 Å². The number of nitrogens with zero attached hydrogens (tertiary/aromatic N) is 7. The minimum atomic E-state index is -0.157. The Hall–Kier alpha value is -2.76. The van der Waals surface area contributed by atoms with Gasteiger partial charge in [0.25, 0.3) is 5.56 Å². The number of hydrogen-bond acceptors (Lipinski definition) is 9. The standard InChI is InChI=1S/C21H23N7O2S2/c1-3-17-25-28-18(29)12-15(22-20(28)32-17)13-31-21-24-23-19(26-8-10-30-11-9-26)27(21)16-6-4-14(2)5-7-16/h4-7,12H,3,8-11,13H2,1-2H3. The van der Waals surface area contributed by atoms with Crippen LogP contribution in [-0.4, -0.2) is 55.7 Å². The Labute approximate surface area is 193 Å². The van der Waals surface area contributed by atoms with Crippen molar-refractivity contribution >= 4 is 34.0 Å². The zero-order valence-corrected chi connectivity index (χ0v) is 19.5. The second kappa shape index (κ2) is 9.00. The fourth-order valence-corrected chi connectivity index (χ4v) is 5.19. The van der Waals surface area contributed by atoms with E-state index in [4.69, 9.17) is 4.74 Å². The van der Waals surface area contributed by atoms with Gasteiger partial charge in [-0.2, -0.15) is 9.61 Å². The zero-order valence-electron chi connectivity index (χ0n) is 17.9. The van der Waals surface area contributed by atoms with Crippen LogP contribution in [0.5, 0.6) is 0 Å². The lowest BCUT2D eigenvalue weighted by atomic mass is 10.2. The third-order valence-electron chi connectivity index (χ3n) is 5.19. The fraction of sp³-hybridized carbons (Fsp3) is 0.381. The molecule has 1 saturated heterocycles. The molecule has 0 radical (unpaired) electrons. The maximum Gasteiger partial charge on any atom is 0.275 e. The number of aromatic nitrogens is 6. The molecular weight excluding hydrogens is 446 g/mol. The van der Waals surface area contributed by atoms with Crippen LogP contribution in [0.1, 0.15) is 23.2 Å². The monoisotopic (exact) mass is 469 g/mol. The van der Waals surface area contributed by atoms with Crippen molar-refractivity contribution in [1.29, 1.82) is 0 Å². The molecule has 0 atom stereocenters. The number of fused-ring (bicyclic) bond motifs is 1. The van der Waals surface area contributed by atoms with E-state index < -0.39 is 0 Å². The number of ether oxygens (including phenoxy) is 1. The van der Waals surface area contributed by atoms with E-state index in [1.165, 1.54) is 33.2 Å². The first-order valence-electron chi connectivity index (χ1n) is 10.5. The number of morpholine rings is 1. The second-order valence-electron chi connectivity index (χ2n) is 7.47. The summed E-state index contributed by atoms with van der Waals surface area (Å²) in [6.45, 7) is 6.97. The molecule has 0 amide bonds. The Kier molecular flexibility index (Phi) is 5.94. The summed E-state index contributed by atoms with van der Waals surface area (Å²) in [5.74, 6) is 1.32. The van der Waals surface area contributed by atoms with Crippen LogP contribution in [0.3, 0.4) is 0 Å². The van der Waals surface area contributed by atoms with E-state index in [9.17, 15) is 4.79 Å². The van der Waals surface area contributed by atoms with Crippen LogP contribution in [-0.2, 0) is 16.9 Å². The van der Waals surface area contributed by atoms with Gasteiger partial charge in [0.05, 0.1) is 24.6 Å². The summed E-state index contributed by atoms with van der Waals surface area (Å²) in [6.07, 6.45) is 0.779. The Morgan fingerprint density at radius 3 is 2.69 bits per heavy atom. The van der Waals surface area contributed by atoms with Crippen molar-refractivity contribution in [3.05, 3.63) is 57.0 Å². The van der Waals surface area contributed by atoms with Crippen LogP contribution < -0.4 is 10.5 Å². The van der Waals surface area contributed by atoms with Crippen LogP contribution in [0.4, 0.5) is 5.95 Å². The van der Waals surface area contributed by atoms with Gasteiger partial charge in [0, 0.05) is 24.9 Å². The van der Waals surface area contributed by atoms with Gasteiger partial charge in [0.1, 0.15) is 5.01 Å². The average Bonchev–Trinajstić information content (AvgIpc) is 3.43. The third-order valence-corrected chi connectivity index (χ3v) is 7.21. The van der Waals surface area contributed by atoms with Crippen molar-refractivity contribution < 1.29 is 4.74 Å². The molecule has 0 aliphatic carbocycles. The fourth-order valence-electron chi connectivity index (χ4n) is 3.49. The molecule has 0 N–H and O–H groups in total. The molecule has 0 spiro atoms. The van der Waals surface area contributed by atoms with Crippen molar-refractivity contribution in [3.63, 3.8) is 0 Å². The lowest BCUT2D eigenvalue weighted by molar-refractivity contribution is 0.122. The molecule has 1 aliphatic heterocycles. The number of aryl methyl sites for hydroxylation is 2. The first kappa shape index (κ1) is 21.1. The first-order valence-corrected chi connectivity index (χ1v) is 12.3. The van der Waals surface area contributed by atoms with E-state index in [0.717, 1.165) is 41.3 Å².